The monoisotopic (exact) mass is 323 g/mol. The predicted molar refractivity (Wildman–Crippen MR) is 87.5 cm³/mol. The van der Waals surface area contributed by atoms with Gasteiger partial charge in [-0.2, -0.15) is 0 Å². The van der Waals surface area contributed by atoms with Crippen LogP contribution in [0.15, 0.2) is 36.4 Å². The van der Waals surface area contributed by atoms with Gasteiger partial charge in [0.15, 0.2) is 0 Å². The molecule has 0 aromatic heterocycles. The van der Waals surface area contributed by atoms with Crippen molar-refractivity contribution in [1.29, 1.82) is 0 Å². The number of halogens is 2. The first kappa shape index (κ1) is 15.5. The van der Waals surface area contributed by atoms with Crippen LogP contribution in [0, 0.1) is 0 Å². The lowest BCUT2D eigenvalue weighted by molar-refractivity contribution is 0.0786. The van der Waals surface area contributed by atoms with Gasteiger partial charge >= 0.3 is 0 Å². The van der Waals surface area contributed by atoms with E-state index in [4.69, 9.17) is 34.7 Å². The summed E-state index contributed by atoms with van der Waals surface area (Å²) in [4.78, 5) is 13.9. The summed E-state index contributed by atoms with van der Waals surface area (Å²) in [6.07, 6.45) is 0. The largest absolute Gasteiger partial charge is 0.399 e. The van der Waals surface area contributed by atoms with Crippen LogP contribution in [0.25, 0.3) is 0 Å². The number of anilines is 2. The molecule has 0 atom stereocenters. The molecular weight excluding hydrogens is 309 g/mol. The molecule has 2 aromatic rings. The Bertz CT molecular complexity index is 689. The average Bonchev–Trinajstić information content (AvgIpc) is 2.41. The number of nitrogens with two attached hydrogens (primary N) is 2. The highest BCUT2D eigenvalue weighted by atomic mass is 35.5. The van der Waals surface area contributed by atoms with Crippen LogP contribution in [0.5, 0.6) is 0 Å². The first-order valence-corrected chi connectivity index (χ1v) is 6.98. The van der Waals surface area contributed by atoms with Gasteiger partial charge < -0.3 is 16.4 Å². The molecule has 4 N–H and O–H groups in total. The maximum absolute atomic E-state index is 12.4. The molecule has 0 unspecified atom stereocenters. The Kier molecular flexibility index (Phi) is 4.60. The van der Waals surface area contributed by atoms with E-state index in [0.29, 0.717) is 33.5 Å². The van der Waals surface area contributed by atoms with Gasteiger partial charge in [0.25, 0.3) is 5.91 Å². The summed E-state index contributed by atoms with van der Waals surface area (Å²) >= 11 is 12.0. The van der Waals surface area contributed by atoms with E-state index in [-0.39, 0.29) is 5.91 Å². The second-order valence-corrected chi connectivity index (χ2v) is 5.59. The molecule has 0 radical (unpaired) electrons. The number of nitrogens with zero attached hydrogens (tertiary/aromatic N) is 1. The second kappa shape index (κ2) is 6.24. The zero-order valence-electron chi connectivity index (χ0n) is 11.4. The van der Waals surface area contributed by atoms with E-state index >= 15 is 0 Å². The molecule has 0 aliphatic carbocycles. The Morgan fingerprint density at radius 2 is 1.86 bits per heavy atom. The lowest BCUT2D eigenvalue weighted by Crippen LogP contribution is -2.27. The molecular formula is C15H15Cl2N3O. The molecule has 2 rings (SSSR count). The van der Waals surface area contributed by atoms with Gasteiger partial charge in [0.05, 0.1) is 5.56 Å². The summed E-state index contributed by atoms with van der Waals surface area (Å²) in [7, 11) is 1.68. The van der Waals surface area contributed by atoms with Crippen molar-refractivity contribution in [3.63, 3.8) is 0 Å². The van der Waals surface area contributed by atoms with Gasteiger partial charge in [0.1, 0.15) is 0 Å². The summed E-state index contributed by atoms with van der Waals surface area (Å²) in [5.74, 6) is -0.196. The van der Waals surface area contributed by atoms with Crippen LogP contribution in [-0.2, 0) is 6.54 Å². The van der Waals surface area contributed by atoms with E-state index in [9.17, 15) is 4.79 Å². The van der Waals surface area contributed by atoms with Crippen LogP contribution in [0.3, 0.4) is 0 Å². The lowest BCUT2D eigenvalue weighted by atomic mass is 10.1. The van der Waals surface area contributed by atoms with Gasteiger partial charge in [-0.25, -0.2) is 0 Å². The minimum atomic E-state index is -0.196. The third-order valence-electron chi connectivity index (χ3n) is 3.08. The van der Waals surface area contributed by atoms with Gasteiger partial charge in [-0.15, -0.1) is 0 Å². The molecule has 0 saturated carbocycles. The third-order valence-corrected chi connectivity index (χ3v) is 3.66. The lowest BCUT2D eigenvalue weighted by Gasteiger charge is -2.19. The molecule has 110 valence electrons. The number of benzene rings is 2. The minimum Gasteiger partial charge on any atom is -0.399 e. The molecule has 0 saturated heterocycles. The number of amides is 1. The maximum Gasteiger partial charge on any atom is 0.255 e. The minimum absolute atomic E-state index is 0.196. The average molecular weight is 324 g/mol. The van der Waals surface area contributed by atoms with Crippen molar-refractivity contribution in [1.82, 2.24) is 4.90 Å². The molecule has 0 bridgehead atoms. The SMILES string of the molecule is CN(Cc1ccc(Cl)cc1Cl)C(=O)c1ccc(N)cc1N. The fourth-order valence-electron chi connectivity index (χ4n) is 1.96. The Morgan fingerprint density at radius 3 is 2.48 bits per heavy atom. The molecule has 0 aliphatic heterocycles. The first-order chi connectivity index (χ1) is 9.88. The van der Waals surface area contributed by atoms with Crippen molar-refractivity contribution in [2.45, 2.75) is 6.54 Å². The van der Waals surface area contributed by atoms with Gasteiger partial charge in [0.2, 0.25) is 0 Å². The summed E-state index contributed by atoms with van der Waals surface area (Å²) in [6.45, 7) is 0.360. The number of carbonyl (C=O) groups is 1. The molecule has 21 heavy (non-hydrogen) atoms. The fraction of sp³-hybridized carbons (Fsp3) is 0.133. The topological polar surface area (TPSA) is 72.3 Å². The number of hydrogen-bond acceptors (Lipinski definition) is 3. The summed E-state index contributed by atoms with van der Waals surface area (Å²) in [5, 5.41) is 1.08. The molecule has 1 amide bonds. The molecule has 0 fully saturated rings. The van der Waals surface area contributed by atoms with E-state index in [1.165, 1.54) is 4.90 Å². The second-order valence-electron chi connectivity index (χ2n) is 4.74. The van der Waals surface area contributed by atoms with Gasteiger partial charge in [0, 0.05) is 35.0 Å². The maximum atomic E-state index is 12.4. The van der Waals surface area contributed by atoms with E-state index in [1.807, 2.05) is 0 Å². The van der Waals surface area contributed by atoms with Crippen LogP contribution < -0.4 is 11.5 Å². The van der Waals surface area contributed by atoms with E-state index < -0.39 is 0 Å². The first-order valence-electron chi connectivity index (χ1n) is 6.23. The summed E-state index contributed by atoms with van der Waals surface area (Å²) in [6, 6.07) is 10.0. The predicted octanol–water partition coefficient (Wildman–Crippen LogP) is 3.43. The quantitative estimate of drug-likeness (QED) is 0.850. The summed E-state index contributed by atoms with van der Waals surface area (Å²) < 4.78 is 0. The number of carbonyl (C=O) groups excluding carboxylic acids is 1. The zero-order valence-corrected chi connectivity index (χ0v) is 12.9. The van der Waals surface area contributed by atoms with Crippen molar-refractivity contribution in [3.05, 3.63) is 57.6 Å². The van der Waals surface area contributed by atoms with Gasteiger partial charge in [-0.1, -0.05) is 29.3 Å². The standard InChI is InChI=1S/C15H15Cl2N3O/c1-20(8-9-2-3-10(16)6-13(9)17)15(21)12-5-4-11(18)7-14(12)19/h2-7H,8,18-19H2,1H3. The smallest absolute Gasteiger partial charge is 0.255 e. The van der Waals surface area contributed by atoms with Crippen molar-refractivity contribution in [2.75, 3.05) is 18.5 Å². The van der Waals surface area contributed by atoms with E-state index in [2.05, 4.69) is 0 Å². The van der Waals surface area contributed by atoms with Crippen molar-refractivity contribution < 1.29 is 4.79 Å². The van der Waals surface area contributed by atoms with Gasteiger partial charge in [-0.05, 0) is 35.9 Å². The Morgan fingerprint density at radius 1 is 1.14 bits per heavy atom. The zero-order chi connectivity index (χ0) is 15.6. The van der Waals surface area contributed by atoms with Crippen molar-refractivity contribution in [2.24, 2.45) is 0 Å². The number of hydrogen-bond donors (Lipinski definition) is 2. The molecule has 4 nitrogen and oxygen atoms in total. The van der Waals surface area contributed by atoms with E-state index in [0.717, 1.165) is 5.56 Å². The molecule has 0 heterocycles. The Balaban J connectivity index is 2.19. The van der Waals surface area contributed by atoms with E-state index in [1.54, 1.807) is 43.4 Å². The molecule has 0 spiro atoms. The fourth-order valence-corrected chi connectivity index (χ4v) is 2.43. The highest BCUT2D eigenvalue weighted by molar-refractivity contribution is 6.35. The van der Waals surface area contributed by atoms with Crippen LogP contribution in [0.2, 0.25) is 10.0 Å². The van der Waals surface area contributed by atoms with Crippen LogP contribution in [0.1, 0.15) is 15.9 Å². The molecule has 2 aromatic carbocycles. The Labute approximate surface area is 133 Å². The highest BCUT2D eigenvalue weighted by Crippen LogP contribution is 2.23. The van der Waals surface area contributed by atoms with Crippen LogP contribution >= 0.6 is 23.2 Å². The van der Waals surface area contributed by atoms with Gasteiger partial charge in [-0.3, -0.25) is 4.79 Å². The highest BCUT2D eigenvalue weighted by Gasteiger charge is 2.16. The normalized spacial score (nSPS) is 10.4. The summed E-state index contributed by atoms with van der Waals surface area (Å²) in [5.41, 5.74) is 13.6. The van der Waals surface area contributed by atoms with Crippen molar-refractivity contribution in [3.8, 4) is 0 Å². The van der Waals surface area contributed by atoms with Crippen LogP contribution in [-0.4, -0.2) is 17.9 Å². The number of rotatable bonds is 3. The molecule has 6 heteroatoms. The van der Waals surface area contributed by atoms with Crippen LogP contribution in [0.4, 0.5) is 11.4 Å². The van der Waals surface area contributed by atoms with Crippen molar-refractivity contribution >= 4 is 40.5 Å². The molecule has 0 aliphatic rings. The number of nitrogen functional groups attached to an aromatic ring is 2. The Hall–Kier alpha value is -1.91. The third kappa shape index (κ3) is 3.60.